The molecule has 9 nitrogen and oxygen atoms in total. The van der Waals surface area contributed by atoms with Gasteiger partial charge >= 0.3 is 6.09 Å². The lowest BCUT2D eigenvalue weighted by atomic mass is 9.97. The molecule has 39 heavy (non-hydrogen) atoms. The van der Waals surface area contributed by atoms with Crippen LogP contribution in [0.4, 0.5) is 10.5 Å². The third-order valence-electron chi connectivity index (χ3n) is 5.90. The van der Waals surface area contributed by atoms with Crippen molar-refractivity contribution in [2.45, 2.75) is 79.0 Å². The van der Waals surface area contributed by atoms with Gasteiger partial charge in [0.2, 0.25) is 5.91 Å². The zero-order valence-corrected chi connectivity index (χ0v) is 24.3. The van der Waals surface area contributed by atoms with Crippen LogP contribution in [0, 0.1) is 12.8 Å². The van der Waals surface area contributed by atoms with Crippen LogP contribution in [0.3, 0.4) is 0 Å². The summed E-state index contributed by atoms with van der Waals surface area (Å²) in [5.74, 6) is 0.00134. The fourth-order valence-electron chi connectivity index (χ4n) is 4.16. The molecule has 0 heterocycles. The predicted molar refractivity (Wildman–Crippen MR) is 152 cm³/mol. The number of nitrogens with one attached hydrogen (secondary N) is 2. The summed E-state index contributed by atoms with van der Waals surface area (Å²) in [7, 11) is 1.56. The molecule has 2 atom stereocenters. The molecular weight excluding hydrogens is 498 g/mol. The Morgan fingerprint density at radius 3 is 2.21 bits per heavy atom. The van der Waals surface area contributed by atoms with Gasteiger partial charge in [-0.3, -0.25) is 9.59 Å². The van der Waals surface area contributed by atoms with E-state index in [-0.39, 0.29) is 18.2 Å². The third kappa shape index (κ3) is 9.50. The molecule has 0 spiro atoms. The molecule has 0 saturated carbocycles. The summed E-state index contributed by atoms with van der Waals surface area (Å²) in [6.07, 6.45) is 0.244. The molecule has 3 amide bonds. The molecule has 0 radical (unpaired) electrons. The molecule has 0 aliphatic heterocycles. The van der Waals surface area contributed by atoms with Crippen molar-refractivity contribution in [1.29, 1.82) is 0 Å². The maximum atomic E-state index is 14.1. The Hall–Kier alpha value is -3.75. The Morgan fingerprint density at radius 1 is 1.05 bits per heavy atom. The minimum Gasteiger partial charge on any atom is -0.508 e. The van der Waals surface area contributed by atoms with Crippen molar-refractivity contribution >= 4 is 23.6 Å². The van der Waals surface area contributed by atoms with Gasteiger partial charge in [-0.25, -0.2) is 4.79 Å². The molecule has 3 N–H and O–H groups in total. The fourth-order valence-corrected chi connectivity index (χ4v) is 4.16. The van der Waals surface area contributed by atoms with Crippen molar-refractivity contribution in [2.24, 2.45) is 5.92 Å². The van der Waals surface area contributed by atoms with Gasteiger partial charge in [-0.15, -0.1) is 0 Å². The number of amides is 3. The number of aromatic hydroxyl groups is 1. The van der Waals surface area contributed by atoms with Crippen LogP contribution in [0.5, 0.6) is 11.5 Å². The standard InChI is InChI=1S/C30H43N3O6/c1-9-16-33(28(36)24(17-19(2)3)32-29(37)39-30(5,6)7)26(21-10-15-25(34)20(4)18-21)27(35)31-22-11-13-23(38-8)14-12-22/h10-15,18-19,24,26,34H,9,16-17H2,1-8H3,(H,31,35)(H,32,37). The molecule has 2 unspecified atom stereocenters. The maximum Gasteiger partial charge on any atom is 0.408 e. The van der Waals surface area contributed by atoms with Crippen molar-refractivity contribution in [2.75, 3.05) is 19.0 Å². The summed E-state index contributed by atoms with van der Waals surface area (Å²) in [5.41, 5.74) is 0.918. The highest BCUT2D eigenvalue weighted by molar-refractivity contribution is 5.99. The maximum absolute atomic E-state index is 14.1. The van der Waals surface area contributed by atoms with Gasteiger partial charge in [0.25, 0.3) is 5.91 Å². The van der Waals surface area contributed by atoms with E-state index in [2.05, 4.69) is 10.6 Å². The molecule has 0 fully saturated rings. The number of carbonyl (C=O) groups excluding carboxylic acids is 3. The SMILES string of the molecule is CCCN(C(=O)C(CC(C)C)NC(=O)OC(C)(C)C)C(C(=O)Nc1ccc(OC)cc1)c1ccc(O)c(C)c1. The molecule has 0 saturated heterocycles. The number of phenols is 1. The first-order valence-corrected chi connectivity index (χ1v) is 13.3. The predicted octanol–water partition coefficient (Wildman–Crippen LogP) is 5.57. The van der Waals surface area contributed by atoms with Gasteiger partial charge < -0.3 is 30.1 Å². The lowest BCUT2D eigenvalue weighted by Crippen LogP contribution is -2.53. The van der Waals surface area contributed by atoms with Gasteiger partial charge in [-0.1, -0.05) is 26.8 Å². The smallest absolute Gasteiger partial charge is 0.408 e. The van der Waals surface area contributed by atoms with Crippen molar-refractivity contribution in [3.8, 4) is 11.5 Å². The Labute approximate surface area is 231 Å². The highest BCUT2D eigenvalue weighted by Crippen LogP contribution is 2.29. The lowest BCUT2D eigenvalue weighted by Gasteiger charge is -2.35. The topological polar surface area (TPSA) is 117 Å². The van der Waals surface area contributed by atoms with Crippen molar-refractivity contribution in [3.63, 3.8) is 0 Å². The van der Waals surface area contributed by atoms with E-state index in [4.69, 9.17) is 9.47 Å². The number of carbonyl (C=O) groups is 3. The number of aryl methyl sites for hydroxylation is 1. The second kappa shape index (κ2) is 13.9. The summed E-state index contributed by atoms with van der Waals surface area (Å²) in [5, 5.41) is 15.8. The van der Waals surface area contributed by atoms with Crippen LogP contribution in [0.15, 0.2) is 42.5 Å². The average molecular weight is 542 g/mol. The molecule has 214 valence electrons. The van der Waals surface area contributed by atoms with Crippen LogP contribution in [0.1, 0.15) is 71.6 Å². The number of ether oxygens (including phenoxy) is 2. The number of anilines is 1. The number of hydrogen-bond acceptors (Lipinski definition) is 6. The van der Waals surface area contributed by atoms with Crippen LogP contribution in [-0.2, 0) is 14.3 Å². The largest absolute Gasteiger partial charge is 0.508 e. The third-order valence-corrected chi connectivity index (χ3v) is 5.90. The molecule has 2 aromatic carbocycles. The summed E-state index contributed by atoms with van der Waals surface area (Å²) < 4.78 is 10.6. The first-order chi connectivity index (χ1) is 18.2. The number of methoxy groups -OCH3 is 1. The number of rotatable bonds is 11. The van der Waals surface area contributed by atoms with E-state index in [0.717, 1.165) is 0 Å². The Morgan fingerprint density at radius 2 is 1.69 bits per heavy atom. The average Bonchev–Trinajstić information content (AvgIpc) is 2.84. The molecule has 0 aromatic heterocycles. The van der Waals surface area contributed by atoms with E-state index in [9.17, 15) is 19.5 Å². The van der Waals surface area contributed by atoms with E-state index in [1.807, 2.05) is 20.8 Å². The van der Waals surface area contributed by atoms with Crippen LogP contribution in [-0.4, -0.2) is 53.2 Å². The van der Waals surface area contributed by atoms with Crippen LogP contribution < -0.4 is 15.4 Å². The monoisotopic (exact) mass is 541 g/mol. The summed E-state index contributed by atoms with van der Waals surface area (Å²) in [6, 6.07) is 9.81. The van der Waals surface area contributed by atoms with E-state index < -0.39 is 35.6 Å². The normalized spacial score (nSPS) is 12.8. The first-order valence-electron chi connectivity index (χ1n) is 13.3. The molecule has 0 aliphatic rings. The number of alkyl carbamates (subject to hydrolysis) is 1. The molecule has 9 heteroatoms. The Balaban J connectivity index is 2.51. The van der Waals surface area contributed by atoms with Crippen molar-refractivity contribution in [1.82, 2.24) is 10.2 Å². The first kappa shape index (κ1) is 31.5. The zero-order valence-electron chi connectivity index (χ0n) is 24.3. The Kier molecular flexibility index (Phi) is 11.2. The number of hydrogen-bond donors (Lipinski definition) is 3. The minimum atomic E-state index is -1.02. The second-order valence-electron chi connectivity index (χ2n) is 11.0. The quantitative estimate of drug-likeness (QED) is 0.343. The van der Waals surface area contributed by atoms with E-state index >= 15 is 0 Å². The fraction of sp³-hybridized carbons (Fsp3) is 0.500. The van der Waals surface area contributed by atoms with Gasteiger partial charge in [0.15, 0.2) is 0 Å². The van der Waals surface area contributed by atoms with Gasteiger partial charge in [0.05, 0.1) is 7.11 Å². The Bertz CT molecular complexity index is 1120. The van der Waals surface area contributed by atoms with E-state index in [0.29, 0.717) is 35.4 Å². The van der Waals surface area contributed by atoms with Crippen LogP contribution in [0.2, 0.25) is 0 Å². The number of nitrogens with zero attached hydrogens (tertiary/aromatic N) is 1. The highest BCUT2D eigenvalue weighted by atomic mass is 16.6. The molecule has 0 aliphatic carbocycles. The van der Waals surface area contributed by atoms with Gasteiger partial charge in [0.1, 0.15) is 29.2 Å². The van der Waals surface area contributed by atoms with E-state index in [1.54, 1.807) is 71.2 Å². The van der Waals surface area contributed by atoms with Gasteiger partial charge in [-0.2, -0.15) is 0 Å². The second-order valence-corrected chi connectivity index (χ2v) is 11.0. The van der Waals surface area contributed by atoms with E-state index in [1.165, 1.54) is 11.0 Å². The minimum absolute atomic E-state index is 0.0832. The lowest BCUT2D eigenvalue weighted by molar-refractivity contribution is -0.141. The molecule has 2 rings (SSSR count). The highest BCUT2D eigenvalue weighted by Gasteiger charge is 2.36. The molecule has 2 aromatic rings. The number of benzene rings is 2. The van der Waals surface area contributed by atoms with Crippen molar-refractivity contribution < 1.29 is 29.0 Å². The van der Waals surface area contributed by atoms with Crippen LogP contribution in [0.25, 0.3) is 0 Å². The molecular formula is C30H43N3O6. The summed E-state index contributed by atoms with van der Waals surface area (Å²) >= 11 is 0. The van der Waals surface area contributed by atoms with Gasteiger partial charge in [-0.05, 0) is 94.0 Å². The summed E-state index contributed by atoms with van der Waals surface area (Å²) in [6.45, 7) is 13.1. The van der Waals surface area contributed by atoms with Crippen LogP contribution >= 0.6 is 0 Å². The van der Waals surface area contributed by atoms with Crippen molar-refractivity contribution in [3.05, 3.63) is 53.6 Å². The zero-order chi connectivity index (χ0) is 29.3. The summed E-state index contributed by atoms with van der Waals surface area (Å²) in [4.78, 5) is 42.1. The number of phenolic OH excluding ortho intramolecular Hbond substituents is 1. The van der Waals surface area contributed by atoms with Gasteiger partial charge in [0, 0.05) is 12.2 Å². The molecule has 0 bridgehead atoms.